The van der Waals surface area contributed by atoms with E-state index < -0.39 is 11.4 Å². The number of amides is 3. The molecule has 0 unspecified atom stereocenters. The van der Waals surface area contributed by atoms with Gasteiger partial charge in [-0.1, -0.05) is 44.2 Å². The molecule has 0 radical (unpaired) electrons. The summed E-state index contributed by atoms with van der Waals surface area (Å²) in [6.07, 6.45) is 0.994. The number of rotatable bonds is 10. The smallest absolute Gasteiger partial charge is 0.317 e. The number of benzene rings is 1. The van der Waals surface area contributed by atoms with Gasteiger partial charge in [0.25, 0.3) is 0 Å². The van der Waals surface area contributed by atoms with E-state index in [-0.39, 0.29) is 31.4 Å². The van der Waals surface area contributed by atoms with Crippen molar-refractivity contribution in [2.75, 3.05) is 20.1 Å². The number of hydrogen-bond donors (Lipinski definition) is 3. The summed E-state index contributed by atoms with van der Waals surface area (Å²) in [4.78, 5) is 36.9. The largest absolute Gasteiger partial charge is 0.481 e. The molecular weight excluding hydrogens is 334 g/mol. The topological polar surface area (TPSA) is 98.7 Å². The van der Waals surface area contributed by atoms with Crippen LogP contribution in [0.1, 0.15) is 38.7 Å². The van der Waals surface area contributed by atoms with Crippen LogP contribution in [0.3, 0.4) is 0 Å². The lowest BCUT2D eigenvalue weighted by atomic mass is 9.82. The quantitative estimate of drug-likeness (QED) is 0.593. The lowest BCUT2D eigenvalue weighted by molar-refractivity contribution is -0.149. The van der Waals surface area contributed by atoms with E-state index >= 15 is 0 Å². The van der Waals surface area contributed by atoms with Gasteiger partial charge in [-0.25, -0.2) is 4.79 Å². The summed E-state index contributed by atoms with van der Waals surface area (Å²) < 4.78 is 0. The van der Waals surface area contributed by atoms with Gasteiger partial charge in [0.05, 0.1) is 5.41 Å². The van der Waals surface area contributed by atoms with Gasteiger partial charge in [0.1, 0.15) is 0 Å². The Morgan fingerprint density at radius 2 is 1.69 bits per heavy atom. The molecule has 1 aromatic carbocycles. The molecule has 0 spiro atoms. The molecule has 0 aromatic heterocycles. The first-order chi connectivity index (χ1) is 12.3. The van der Waals surface area contributed by atoms with Gasteiger partial charge in [-0.05, 0) is 18.4 Å². The van der Waals surface area contributed by atoms with Crippen LogP contribution in [0.4, 0.5) is 4.79 Å². The first kappa shape index (κ1) is 21.5. The first-order valence-electron chi connectivity index (χ1n) is 8.87. The van der Waals surface area contributed by atoms with Crippen molar-refractivity contribution in [3.63, 3.8) is 0 Å². The fourth-order valence-electron chi connectivity index (χ4n) is 2.58. The maximum Gasteiger partial charge on any atom is 0.317 e. The van der Waals surface area contributed by atoms with E-state index in [4.69, 9.17) is 0 Å². The van der Waals surface area contributed by atoms with Crippen LogP contribution in [0.2, 0.25) is 0 Å². The van der Waals surface area contributed by atoms with Crippen molar-refractivity contribution in [2.24, 2.45) is 5.41 Å². The lowest BCUT2D eigenvalue weighted by Crippen LogP contribution is -2.43. The summed E-state index contributed by atoms with van der Waals surface area (Å²) in [5.74, 6) is -1.18. The molecule has 0 aliphatic carbocycles. The molecule has 0 aliphatic heterocycles. The van der Waals surface area contributed by atoms with Gasteiger partial charge in [-0.3, -0.25) is 9.59 Å². The standard InChI is InChI=1S/C19H29N3O4/c1-4-19(5-2,17(24)25)14-21-16(23)11-12-20-18(26)22(3)13-15-9-7-6-8-10-15/h6-10H,4-5,11-14H2,1-3H3,(H,20,26)(H,21,23)(H,24,25). The molecule has 144 valence electrons. The lowest BCUT2D eigenvalue weighted by Gasteiger charge is -2.26. The number of carbonyl (C=O) groups excluding carboxylic acids is 2. The summed E-state index contributed by atoms with van der Waals surface area (Å²) >= 11 is 0. The van der Waals surface area contributed by atoms with Crippen LogP contribution in [0.15, 0.2) is 30.3 Å². The summed E-state index contributed by atoms with van der Waals surface area (Å²) in [6, 6.07) is 9.35. The van der Waals surface area contributed by atoms with Crippen molar-refractivity contribution in [2.45, 2.75) is 39.7 Å². The molecule has 7 nitrogen and oxygen atoms in total. The third-order valence-corrected chi connectivity index (χ3v) is 4.67. The molecule has 26 heavy (non-hydrogen) atoms. The second-order valence-electron chi connectivity index (χ2n) is 6.39. The predicted molar refractivity (Wildman–Crippen MR) is 99.6 cm³/mol. The molecule has 1 rings (SSSR count). The molecule has 7 heteroatoms. The Balaban J connectivity index is 2.34. The number of urea groups is 1. The molecule has 0 atom stereocenters. The SMILES string of the molecule is CCC(CC)(CNC(=O)CCNC(=O)N(C)Cc1ccccc1)C(=O)O. The van der Waals surface area contributed by atoms with Crippen molar-refractivity contribution in [1.29, 1.82) is 0 Å². The van der Waals surface area contributed by atoms with Crippen LogP contribution in [0.5, 0.6) is 0 Å². The van der Waals surface area contributed by atoms with E-state index in [1.165, 1.54) is 4.90 Å². The fourth-order valence-corrected chi connectivity index (χ4v) is 2.58. The summed E-state index contributed by atoms with van der Waals surface area (Å²) in [5.41, 5.74) is 0.0847. The summed E-state index contributed by atoms with van der Waals surface area (Å²) in [5, 5.41) is 14.7. The molecule has 3 amide bonds. The zero-order chi connectivity index (χ0) is 19.6. The second kappa shape index (κ2) is 10.4. The van der Waals surface area contributed by atoms with Gasteiger partial charge in [0.15, 0.2) is 0 Å². The minimum Gasteiger partial charge on any atom is -0.481 e. The third-order valence-electron chi connectivity index (χ3n) is 4.67. The van der Waals surface area contributed by atoms with Crippen LogP contribution >= 0.6 is 0 Å². The number of aliphatic carboxylic acids is 1. The molecular formula is C19H29N3O4. The van der Waals surface area contributed by atoms with Crippen molar-refractivity contribution < 1.29 is 19.5 Å². The van der Waals surface area contributed by atoms with Crippen LogP contribution < -0.4 is 10.6 Å². The second-order valence-corrected chi connectivity index (χ2v) is 6.39. The maximum absolute atomic E-state index is 12.0. The van der Waals surface area contributed by atoms with Crippen molar-refractivity contribution in [1.82, 2.24) is 15.5 Å². The highest BCUT2D eigenvalue weighted by molar-refractivity contribution is 5.80. The minimum atomic E-state index is -0.936. The van der Waals surface area contributed by atoms with Crippen LogP contribution in [0, 0.1) is 5.41 Å². The zero-order valence-corrected chi connectivity index (χ0v) is 15.7. The van der Waals surface area contributed by atoms with Gasteiger partial charge < -0.3 is 20.6 Å². The highest BCUT2D eigenvalue weighted by atomic mass is 16.4. The van der Waals surface area contributed by atoms with Crippen molar-refractivity contribution >= 4 is 17.9 Å². The Morgan fingerprint density at radius 1 is 1.08 bits per heavy atom. The monoisotopic (exact) mass is 363 g/mol. The van der Waals surface area contributed by atoms with E-state index in [9.17, 15) is 19.5 Å². The minimum absolute atomic E-state index is 0.0933. The molecule has 0 saturated heterocycles. The number of hydrogen-bond acceptors (Lipinski definition) is 3. The Bertz CT molecular complexity index is 600. The van der Waals surface area contributed by atoms with E-state index in [0.717, 1.165) is 5.56 Å². The highest BCUT2D eigenvalue weighted by Gasteiger charge is 2.34. The summed E-state index contributed by atoms with van der Waals surface area (Å²) in [7, 11) is 1.69. The Kier molecular flexibility index (Phi) is 8.61. The molecule has 3 N–H and O–H groups in total. The number of nitrogens with zero attached hydrogens (tertiary/aromatic N) is 1. The Morgan fingerprint density at radius 3 is 2.23 bits per heavy atom. The Labute approximate surface area is 154 Å². The van der Waals surface area contributed by atoms with Gasteiger partial charge in [0, 0.05) is 33.1 Å². The maximum atomic E-state index is 12.0. The average molecular weight is 363 g/mol. The highest BCUT2D eigenvalue weighted by Crippen LogP contribution is 2.25. The zero-order valence-electron chi connectivity index (χ0n) is 15.7. The first-order valence-corrected chi connectivity index (χ1v) is 8.87. The Hall–Kier alpha value is -2.57. The van der Waals surface area contributed by atoms with Gasteiger partial charge >= 0.3 is 12.0 Å². The van der Waals surface area contributed by atoms with Crippen LogP contribution in [0.25, 0.3) is 0 Å². The number of carbonyl (C=O) groups is 3. The molecule has 0 bridgehead atoms. The number of carboxylic acid groups (broad SMARTS) is 1. The molecule has 0 heterocycles. The van der Waals surface area contributed by atoms with Crippen LogP contribution in [-0.4, -0.2) is 48.1 Å². The van der Waals surface area contributed by atoms with Gasteiger partial charge in [-0.15, -0.1) is 0 Å². The van der Waals surface area contributed by atoms with E-state index in [1.807, 2.05) is 30.3 Å². The molecule has 0 fully saturated rings. The third kappa shape index (κ3) is 6.38. The molecule has 0 saturated carbocycles. The van der Waals surface area contributed by atoms with E-state index in [0.29, 0.717) is 19.4 Å². The van der Waals surface area contributed by atoms with E-state index in [1.54, 1.807) is 20.9 Å². The normalized spacial score (nSPS) is 10.9. The predicted octanol–water partition coefficient (Wildman–Crippen LogP) is 2.23. The van der Waals surface area contributed by atoms with Crippen LogP contribution in [-0.2, 0) is 16.1 Å². The van der Waals surface area contributed by atoms with Gasteiger partial charge in [0.2, 0.25) is 5.91 Å². The van der Waals surface area contributed by atoms with Gasteiger partial charge in [-0.2, -0.15) is 0 Å². The summed E-state index contributed by atoms with van der Waals surface area (Å²) in [6.45, 7) is 4.37. The van der Waals surface area contributed by atoms with Crippen molar-refractivity contribution in [3.8, 4) is 0 Å². The van der Waals surface area contributed by atoms with E-state index in [2.05, 4.69) is 10.6 Å². The number of nitrogens with one attached hydrogen (secondary N) is 2. The average Bonchev–Trinajstić information content (AvgIpc) is 2.63. The van der Waals surface area contributed by atoms with Crippen molar-refractivity contribution in [3.05, 3.63) is 35.9 Å². The molecule has 0 aliphatic rings. The molecule has 1 aromatic rings. The fraction of sp³-hybridized carbons (Fsp3) is 0.526. The number of carboxylic acids is 1.